The van der Waals surface area contributed by atoms with E-state index in [0.717, 1.165) is 30.2 Å². The highest BCUT2D eigenvalue weighted by molar-refractivity contribution is 7.11. The zero-order valence-electron chi connectivity index (χ0n) is 12.2. The average molecular weight is 309 g/mol. The molecule has 1 aromatic heterocycles. The minimum absolute atomic E-state index is 0.415. The van der Waals surface area contributed by atoms with Gasteiger partial charge in [0.25, 0.3) is 0 Å². The van der Waals surface area contributed by atoms with Crippen LogP contribution in [0.1, 0.15) is 34.0 Å². The van der Waals surface area contributed by atoms with Crippen LogP contribution in [0, 0.1) is 13.8 Å². The first-order valence-electron chi connectivity index (χ1n) is 6.99. The zero-order chi connectivity index (χ0) is 14.5. The molecule has 0 fully saturated rings. The molecule has 0 aliphatic carbocycles. The Morgan fingerprint density at radius 1 is 1.35 bits per heavy atom. The van der Waals surface area contributed by atoms with Crippen molar-refractivity contribution in [1.29, 1.82) is 0 Å². The minimum Gasteiger partial charge on any atom is -0.316 e. The molecule has 1 unspecified atom stereocenters. The van der Waals surface area contributed by atoms with Crippen LogP contribution in [-0.2, 0) is 6.42 Å². The van der Waals surface area contributed by atoms with Crippen LogP contribution in [0.25, 0.3) is 0 Å². The van der Waals surface area contributed by atoms with Gasteiger partial charge in [0.2, 0.25) is 0 Å². The van der Waals surface area contributed by atoms with Crippen LogP contribution in [0.2, 0.25) is 5.02 Å². The molecule has 2 nitrogen and oxygen atoms in total. The van der Waals surface area contributed by atoms with Crippen LogP contribution < -0.4 is 5.32 Å². The molecule has 108 valence electrons. The van der Waals surface area contributed by atoms with Crippen LogP contribution in [0.3, 0.4) is 0 Å². The second-order valence-electron chi connectivity index (χ2n) is 5.01. The minimum atomic E-state index is 0.415. The van der Waals surface area contributed by atoms with Crippen molar-refractivity contribution in [1.82, 2.24) is 10.3 Å². The van der Waals surface area contributed by atoms with E-state index in [0.29, 0.717) is 5.92 Å². The Kier molecular flexibility index (Phi) is 5.58. The number of likely N-dealkylation sites (N-methyl/N-ethyl adjacent to an activating group) is 1. The summed E-state index contributed by atoms with van der Waals surface area (Å²) >= 11 is 7.92. The molecular weight excluding hydrogens is 288 g/mol. The van der Waals surface area contributed by atoms with E-state index in [-0.39, 0.29) is 0 Å². The fourth-order valence-corrected chi connectivity index (χ4v) is 3.44. The first-order chi connectivity index (χ1) is 9.60. The van der Waals surface area contributed by atoms with Gasteiger partial charge >= 0.3 is 0 Å². The summed E-state index contributed by atoms with van der Waals surface area (Å²) in [7, 11) is 0. The summed E-state index contributed by atoms with van der Waals surface area (Å²) in [6.07, 6.45) is 0.965. The van der Waals surface area contributed by atoms with Crippen LogP contribution in [0.5, 0.6) is 0 Å². The van der Waals surface area contributed by atoms with Crippen molar-refractivity contribution < 1.29 is 0 Å². The number of halogens is 1. The Morgan fingerprint density at radius 2 is 2.15 bits per heavy atom. The van der Waals surface area contributed by atoms with Gasteiger partial charge < -0.3 is 5.32 Å². The van der Waals surface area contributed by atoms with Crippen molar-refractivity contribution in [3.63, 3.8) is 0 Å². The Labute approximate surface area is 130 Å². The van der Waals surface area contributed by atoms with Gasteiger partial charge in [0.05, 0.1) is 10.7 Å². The van der Waals surface area contributed by atoms with E-state index in [1.165, 1.54) is 15.4 Å². The summed E-state index contributed by atoms with van der Waals surface area (Å²) in [6.45, 7) is 8.28. The van der Waals surface area contributed by atoms with Crippen LogP contribution >= 0.6 is 22.9 Å². The smallest absolute Gasteiger partial charge is 0.0937 e. The highest BCUT2D eigenvalue weighted by atomic mass is 35.5. The topological polar surface area (TPSA) is 24.9 Å². The highest BCUT2D eigenvalue weighted by Crippen LogP contribution is 2.26. The third-order valence-electron chi connectivity index (χ3n) is 3.45. The fourth-order valence-electron chi connectivity index (χ4n) is 2.22. The summed E-state index contributed by atoms with van der Waals surface area (Å²) in [4.78, 5) is 5.98. The summed E-state index contributed by atoms with van der Waals surface area (Å²) < 4.78 is 0. The zero-order valence-corrected chi connectivity index (χ0v) is 13.8. The van der Waals surface area contributed by atoms with Gasteiger partial charge in [-0.15, -0.1) is 11.3 Å². The molecule has 0 saturated heterocycles. The molecule has 0 radical (unpaired) electrons. The molecule has 1 atom stereocenters. The van der Waals surface area contributed by atoms with Crippen LogP contribution in [-0.4, -0.2) is 18.1 Å². The molecule has 1 heterocycles. The second kappa shape index (κ2) is 7.21. The average Bonchev–Trinajstić information content (AvgIpc) is 2.73. The van der Waals surface area contributed by atoms with E-state index < -0.39 is 0 Å². The van der Waals surface area contributed by atoms with Gasteiger partial charge in [-0.3, -0.25) is 0 Å². The maximum atomic E-state index is 6.12. The van der Waals surface area contributed by atoms with E-state index in [1.54, 1.807) is 11.3 Å². The number of hydrogen-bond donors (Lipinski definition) is 1. The molecule has 1 N–H and O–H groups in total. The third kappa shape index (κ3) is 4.05. The van der Waals surface area contributed by atoms with E-state index in [4.69, 9.17) is 11.6 Å². The quantitative estimate of drug-likeness (QED) is 0.858. The summed E-state index contributed by atoms with van der Waals surface area (Å²) in [6, 6.07) is 8.17. The molecule has 2 aromatic rings. The van der Waals surface area contributed by atoms with Crippen LogP contribution in [0.15, 0.2) is 24.3 Å². The number of nitrogens with one attached hydrogen (secondary N) is 1. The normalized spacial score (nSPS) is 12.6. The van der Waals surface area contributed by atoms with Gasteiger partial charge in [0.15, 0.2) is 0 Å². The molecule has 0 saturated carbocycles. The number of thiazole rings is 1. The third-order valence-corrected chi connectivity index (χ3v) is 4.78. The molecule has 0 aliphatic heterocycles. The van der Waals surface area contributed by atoms with Crippen molar-refractivity contribution in [3.8, 4) is 0 Å². The molecule has 0 amide bonds. The monoisotopic (exact) mass is 308 g/mol. The summed E-state index contributed by atoms with van der Waals surface area (Å²) in [5.74, 6) is 0.415. The van der Waals surface area contributed by atoms with Crippen molar-refractivity contribution in [2.75, 3.05) is 13.1 Å². The predicted molar refractivity (Wildman–Crippen MR) is 88.0 cm³/mol. The van der Waals surface area contributed by atoms with Gasteiger partial charge in [-0.25, -0.2) is 4.98 Å². The van der Waals surface area contributed by atoms with Crippen LogP contribution in [0.4, 0.5) is 0 Å². The van der Waals surface area contributed by atoms with Crippen molar-refractivity contribution in [2.24, 2.45) is 0 Å². The maximum Gasteiger partial charge on any atom is 0.0937 e. The van der Waals surface area contributed by atoms with Crippen molar-refractivity contribution in [3.05, 3.63) is 50.4 Å². The van der Waals surface area contributed by atoms with Gasteiger partial charge in [-0.05, 0) is 38.1 Å². The maximum absolute atomic E-state index is 6.12. The van der Waals surface area contributed by atoms with E-state index >= 15 is 0 Å². The Hall–Kier alpha value is -0.900. The van der Waals surface area contributed by atoms with Gasteiger partial charge in [-0.2, -0.15) is 0 Å². The van der Waals surface area contributed by atoms with Crippen molar-refractivity contribution in [2.45, 2.75) is 33.1 Å². The van der Waals surface area contributed by atoms with Gasteiger partial charge in [-0.1, -0.05) is 30.7 Å². The standard InChI is InChI=1S/C16H21ClN2S/c1-4-18-10-14(13-6-5-7-15(17)8-13)9-16-19-11(2)12(3)20-16/h5-8,14,18H,4,9-10H2,1-3H3. The fraction of sp³-hybridized carbons (Fsp3) is 0.438. The number of aryl methyl sites for hydroxylation is 2. The summed E-state index contributed by atoms with van der Waals surface area (Å²) in [5, 5.41) is 5.45. The Morgan fingerprint density at radius 3 is 2.75 bits per heavy atom. The molecule has 1 aromatic carbocycles. The van der Waals surface area contributed by atoms with E-state index in [1.807, 2.05) is 12.1 Å². The molecule has 0 bridgehead atoms. The lowest BCUT2D eigenvalue weighted by molar-refractivity contribution is 0.593. The van der Waals surface area contributed by atoms with E-state index in [9.17, 15) is 0 Å². The Balaban J connectivity index is 2.18. The Bertz CT molecular complexity index is 546. The number of hydrogen-bond acceptors (Lipinski definition) is 3. The van der Waals surface area contributed by atoms with E-state index in [2.05, 4.69) is 43.2 Å². The molecule has 0 aliphatic rings. The lowest BCUT2D eigenvalue weighted by Gasteiger charge is -2.17. The summed E-state index contributed by atoms with van der Waals surface area (Å²) in [5.41, 5.74) is 2.43. The molecule has 0 spiro atoms. The number of benzene rings is 1. The largest absolute Gasteiger partial charge is 0.316 e. The molecular formula is C16H21ClN2S. The SMILES string of the molecule is CCNCC(Cc1nc(C)c(C)s1)c1cccc(Cl)c1. The molecule has 4 heteroatoms. The number of aromatic nitrogens is 1. The lowest BCUT2D eigenvalue weighted by atomic mass is 9.96. The number of nitrogens with zero attached hydrogens (tertiary/aromatic N) is 1. The van der Waals surface area contributed by atoms with Crippen molar-refractivity contribution >= 4 is 22.9 Å². The lowest BCUT2D eigenvalue weighted by Crippen LogP contribution is -2.22. The molecule has 2 rings (SSSR count). The highest BCUT2D eigenvalue weighted by Gasteiger charge is 2.15. The first-order valence-corrected chi connectivity index (χ1v) is 8.18. The second-order valence-corrected chi connectivity index (χ2v) is 6.74. The van der Waals surface area contributed by atoms with Gasteiger partial charge in [0.1, 0.15) is 0 Å². The first kappa shape index (κ1) is 15.5. The molecule has 20 heavy (non-hydrogen) atoms. The predicted octanol–water partition coefficient (Wildman–Crippen LogP) is 4.35. The number of rotatable bonds is 6. The van der Waals surface area contributed by atoms with Gasteiger partial charge in [0, 0.05) is 28.8 Å².